The molecule has 1 aromatic heterocycles. The molecular formula is C18H24N4. The zero-order chi connectivity index (χ0) is 15.4. The predicted octanol–water partition coefficient (Wildman–Crippen LogP) is 2.88. The Balaban J connectivity index is 1.88. The van der Waals surface area contributed by atoms with Crippen LogP contribution in [0.4, 0.5) is 5.82 Å². The average molecular weight is 296 g/mol. The van der Waals surface area contributed by atoms with Crippen LogP contribution in [0.25, 0.3) is 11.4 Å². The van der Waals surface area contributed by atoms with Gasteiger partial charge in [-0.2, -0.15) is 0 Å². The SMILES string of the molecule is CCc1cc(N2CCC(CN)CC2)nc(-c2ccccc2)n1. The molecule has 2 heterocycles. The predicted molar refractivity (Wildman–Crippen MR) is 90.8 cm³/mol. The van der Waals surface area contributed by atoms with Crippen molar-refractivity contribution in [2.75, 3.05) is 24.5 Å². The third kappa shape index (κ3) is 3.28. The quantitative estimate of drug-likeness (QED) is 0.942. The number of aromatic nitrogens is 2. The molecule has 4 nitrogen and oxygen atoms in total. The minimum Gasteiger partial charge on any atom is -0.356 e. The first-order chi connectivity index (χ1) is 10.8. The van der Waals surface area contributed by atoms with E-state index in [0.717, 1.165) is 61.8 Å². The van der Waals surface area contributed by atoms with Crippen molar-refractivity contribution in [1.82, 2.24) is 9.97 Å². The van der Waals surface area contributed by atoms with Gasteiger partial charge < -0.3 is 10.6 Å². The molecule has 1 aromatic carbocycles. The molecule has 0 radical (unpaired) electrons. The lowest BCUT2D eigenvalue weighted by molar-refractivity contribution is 0.413. The highest BCUT2D eigenvalue weighted by Crippen LogP contribution is 2.24. The highest BCUT2D eigenvalue weighted by atomic mass is 15.2. The van der Waals surface area contributed by atoms with E-state index in [-0.39, 0.29) is 0 Å². The van der Waals surface area contributed by atoms with Gasteiger partial charge in [0.05, 0.1) is 0 Å². The van der Waals surface area contributed by atoms with Gasteiger partial charge in [0, 0.05) is 30.4 Å². The standard InChI is InChI=1S/C18H24N4/c1-2-16-12-17(22-10-8-14(13-19)9-11-22)21-18(20-16)15-6-4-3-5-7-15/h3-7,12,14H,2,8-11,13,19H2,1H3. The maximum absolute atomic E-state index is 5.79. The van der Waals surface area contributed by atoms with Crippen molar-refractivity contribution in [1.29, 1.82) is 0 Å². The molecule has 3 rings (SSSR count). The summed E-state index contributed by atoms with van der Waals surface area (Å²) in [5, 5.41) is 0. The van der Waals surface area contributed by atoms with E-state index in [1.54, 1.807) is 0 Å². The van der Waals surface area contributed by atoms with Gasteiger partial charge in [-0.3, -0.25) is 0 Å². The fourth-order valence-corrected chi connectivity index (χ4v) is 2.94. The number of benzene rings is 1. The van der Waals surface area contributed by atoms with E-state index in [1.807, 2.05) is 18.2 Å². The second-order valence-corrected chi connectivity index (χ2v) is 5.93. The third-order valence-electron chi connectivity index (χ3n) is 4.43. The minimum atomic E-state index is 0.664. The van der Waals surface area contributed by atoms with Gasteiger partial charge in [-0.25, -0.2) is 9.97 Å². The van der Waals surface area contributed by atoms with Crippen molar-refractivity contribution in [3.05, 3.63) is 42.1 Å². The molecule has 0 saturated carbocycles. The van der Waals surface area contributed by atoms with E-state index in [1.165, 1.54) is 0 Å². The molecule has 1 saturated heterocycles. The van der Waals surface area contributed by atoms with Crippen molar-refractivity contribution in [2.45, 2.75) is 26.2 Å². The molecule has 0 unspecified atom stereocenters. The first-order valence-corrected chi connectivity index (χ1v) is 8.18. The Labute approximate surface area is 132 Å². The van der Waals surface area contributed by atoms with Gasteiger partial charge in [0.1, 0.15) is 5.82 Å². The van der Waals surface area contributed by atoms with Crippen LogP contribution in [0.1, 0.15) is 25.5 Å². The van der Waals surface area contributed by atoms with E-state index < -0.39 is 0 Å². The second-order valence-electron chi connectivity index (χ2n) is 5.93. The minimum absolute atomic E-state index is 0.664. The lowest BCUT2D eigenvalue weighted by atomic mass is 9.97. The van der Waals surface area contributed by atoms with Crippen molar-refractivity contribution in [2.24, 2.45) is 11.7 Å². The number of piperidine rings is 1. The summed E-state index contributed by atoms with van der Waals surface area (Å²) in [7, 11) is 0. The third-order valence-corrected chi connectivity index (χ3v) is 4.43. The monoisotopic (exact) mass is 296 g/mol. The molecule has 1 fully saturated rings. The maximum Gasteiger partial charge on any atom is 0.161 e. The van der Waals surface area contributed by atoms with Gasteiger partial charge in [0.25, 0.3) is 0 Å². The fourth-order valence-electron chi connectivity index (χ4n) is 2.94. The van der Waals surface area contributed by atoms with Crippen LogP contribution in [0.5, 0.6) is 0 Å². The van der Waals surface area contributed by atoms with Gasteiger partial charge in [0.15, 0.2) is 5.82 Å². The normalized spacial score (nSPS) is 16.0. The average Bonchev–Trinajstić information content (AvgIpc) is 2.62. The smallest absolute Gasteiger partial charge is 0.161 e. The van der Waals surface area contributed by atoms with Gasteiger partial charge in [0.2, 0.25) is 0 Å². The molecule has 116 valence electrons. The molecule has 2 aromatic rings. The van der Waals surface area contributed by atoms with Crippen LogP contribution in [0.2, 0.25) is 0 Å². The maximum atomic E-state index is 5.79. The number of hydrogen-bond acceptors (Lipinski definition) is 4. The number of nitrogens with zero attached hydrogens (tertiary/aromatic N) is 3. The highest BCUT2D eigenvalue weighted by molar-refractivity contribution is 5.58. The lowest BCUT2D eigenvalue weighted by Gasteiger charge is -2.32. The van der Waals surface area contributed by atoms with Crippen LogP contribution in [0, 0.1) is 5.92 Å². The summed E-state index contributed by atoms with van der Waals surface area (Å²) in [6, 6.07) is 12.4. The Morgan fingerprint density at radius 2 is 1.86 bits per heavy atom. The zero-order valence-corrected chi connectivity index (χ0v) is 13.2. The Hall–Kier alpha value is -1.94. The highest BCUT2D eigenvalue weighted by Gasteiger charge is 2.20. The Bertz CT molecular complexity index is 604. The summed E-state index contributed by atoms with van der Waals surface area (Å²) < 4.78 is 0. The Morgan fingerprint density at radius 3 is 2.50 bits per heavy atom. The number of anilines is 1. The molecule has 0 bridgehead atoms. The Morgan fingerprint density at radius 1 is 1.14 bits per heavy atom. The number of hydrogen-bond donors (Lipinski definition) is 1. The van der Waals surface area contributed by atoms with E-state index in [2.05, 4.69) is 30.0 Å². The topological polar surface area (TPSA) is 55.0 Å². The molecule has 0 spiro atoms. The fraction of sp³-hybridized carbons (Fsp3) is 0.444. The van der Waals surface area contributed by atoms with Crippen LogP contribution in [-0.4, -0.2) is 29.6 Å². The van der Waals surface area contributed by atoms with Crippen molar-refractivity contribution < 1.29 is 0 Å². The molecule has 0 amide bonds. The van der Waals surface area contributed by atoms with Crippen molar-refractivity contribution in [3.8, 4) is 11.4 Å². The van der Waals surface area contributed by atoms with E-state index in [9.17, 15) is 0 Å². The van der Waals surface area contributed by atoms with Crippen LogP contribution in [0.15, 0.2) is 36.4 Å². The van der Waals surface area contributed by atoms with Crippen LogP contribution in [0.3, 0.4) is 0 Å². The van der Waals surface area contributed by atoms with Gasteiger partial charge >= 0.3 is 0 Å². The summed E-state index contributed by atoms with van der Waals surface area (Å²) in [6.45, 7) is 5.02. The summed E-state index contributed by atoms with van der Waals surface area (Å²) >= 11 is 0. The summed E-state index contributed by atoms with van der Waals surface area (Å²) in [5.41, 5.74) is 7.97. The second kappa shape index (κ2) is 6.88. The van der Waals surface area contributed by atoms with Gasteiger partial charge in [-0.15, -0.1) is 0 Å². The van der Waals surface area contributed by atoms with Gasteiger partial charge in [-0.05, 0) is 31.7 Å². The Kier molecular flexibility index (Phi) is 4.68. The number of nitrogens with two attached hydrogens (primary N) is 1. The molecule has 0 atom stereocenters. The van der Waals surface area contributed by atoms with E-state index >= 15 is 0 Å². The molecule has 1 aliphatic rings. The summed E-state index contributed by atoms with van der Waals surface area (Å²) in [6.07, 6.45) is 3.24. The molecule has 0 aliphatic carbocycles. The number of aryl methyl sites for hydroxylation is 1. The summed E-state index contributed by atoms with van der Waals surface area (Å²) in [4.78, 5) is 11.9. The molecule has 2 N–H and O–H groups in total. The molecule has 22 heavy (non-hydrogen) atoms. The summed E-state index contributed by atoms with van der Waals surface area (Å²) in [5.74, 6) is 2.55. The van der Waals surface area contributed by atoms with Gasteiger partial charge in [-0.1, -0.05) is 37.3 Å². The first kappa shape index (κ1) is 15.0. The zero-order valence-electron chi connectivity index (χ0n) is 13.2. The lowest BCUT2D eigenvalue weighted by Crippen LogP contribution is -2.36. The van der Waals surface area contributed by atoms with Crippen LogP contribution < -0.4 is 10.6 Å². The van der Waals surface area contributed by atoms with E-state index in [0.29, 0.717) is 5.92 Å². The number of rotatable bonds is 4. The molecular weight excluding hydrogens is 272 g/mol. The van der Waals surface area contributed by atoms with E-state index in [4.69, 9.17) is 15.7 Å². The van der Waals surface area contributed by atoms with Crippen LogP contribution >= 0.6 is 0 Å². The van der Waals surface area contributed by atoms with Crippen molar-refractivity contribution >= 4 is 5.82 Å². The molecule has 1 aliphatic heterocycles. The first-order valence-electron chi connectivity index (χ1n) is 8.18. The molecule has 4 heteroatoms. The van der Waals surface area contributed by atoms with Crippen molar-refractivity contribution in [3.63, 3.8) is 0 Å². The van der Waals surface area contributed by atoms with Crippen LogP contribution in [-0.2, 0) is 6.42 Å². The largest absolute Gasteiger partial charge is 0.356 e.